The fourth-order valence-electron chi connectivity index (χ4n) is 2.40. The maximum atomic E-state index is 4.47. The molecular weight excluding hydrogens is 212 g/mol. The van der Waals surface area contributed by atoms with Crippen molar-refractivity contribution in [2.24, 2.45) is 0 Å². The van der Waals surface area contributed by atoms with Crippen LogP contribution in [0, 0.1) is 0 Å². The van der Waals surface area contributed by atoms with Crippen LogP contribution in [0.2, 0.25) is 0 Å². The third kappa shape index (κ3) is 2.22. The molecule has 17 heavy (non-hydrogen) atoms. The highest BCUT2D eigenvalue weighted by Gasteiger charge is 2.22. The van der Waals surface area contributed by atoms with E-state index in [1.54, 1.807) is 0 Å². The Labute approximate surface area is 101 Å². The van der Waals surface area contributed by atoms with Crippen LogP contribution in [0.4, 0.5) is 0 Å². The molecule has 88 valence electrons. The van der Waals surface area contributed by atoms with Crippen LogP contribution < -0.4 is 5.32 Å². The van der Waals surface area contributed by atoms with E-state index in [0.29, 0.717) is 6.04 Å². The maximum Gasteiger partial charge on any atom is 0.0946 e. The number of rotatable bonds is 4. The first-order chi connectivity index (χ1) is 8.43. The van der Waals surface area contributed by atoms with Crippen molar-refractivity contribution < 1.29 is 0 Å². The van der Waals surface area contributed by atoms with Crippen molar-refractivity contribution in [1.29, 1.82) is 0 Å². The Kier molecular flexibility index (Phi) is 2.88. The first-order valence-electron chi connectivity index (χ1n) is 6.06. The van der Waals surface area contributed by atoms with Gasteiger partial charge in [-0.2, -0.15) is 0 Å². The van der Waals surface area contributed by atoms with Crippen molar-refractivity contribution in [1.82, 2.24) is 19.9 Å². The Bertz CT molecular complexity index is 478. The molecule has 1 atom stereocenters. The summed E-state index contributed by atoms with van der Waals surface area (Å²) in [5.41, 5.74) is 2.63. The van der Waals surface area contributed by atoms with Crippen LogP contribution in [-0.2, 0) is 13.0 Å². The van der Waals surface area contributed by atoms with Crippen LogP contribution in [-0.4, -0.2) is 21.1 Å². The standard InChI is InChI=1S/C13H16N4/c1-2-11-3-4-12(13(11)16-5-1)15-7-9-17-8-6-14-10-17/h1-2,5-6,8,10,12,15H,3-4,7,9H2. The van der Waals surface area contributed by atoms with Crippen molar-refractivity contribution in [3.63, 3.8) is 0 Å². The summed E-state index contributed by atoms with van der Waals surface area (Å²) in [6.45, 7) is 1.91. The van der Waals surface area contributed by atoms with Gasteiger partial charge in [-0.25, -0.2) is 4.98 Å². The lowest BCUT2D eigenvalue weighted by Crippen LogP contribution is -2.24. The van der Waals surface area contributed by atoms with E-state index in [-0.39, 0.29) is 0 Å². The lowest BCUT2D eigenvalue weighted by molar-refractivity contribution is 0.494. The Balaban J connectivity index is 1.57. The van der Waals surface area contributed by atoms with E-state index in [2.05, 4.69) is 25.9 Å². The summed E-state index contributed by atoms with van der Waals surface area (Å²) in [6.07, 6.45) is 9.84. The molecule has 0 bridgehead atoms. The Morgan fingerprint density at radius 2 is 2.41 bits per heavy atom. The monoisotopic (exact) mass is 228 g/mol. The highest BCUT2D eigenvalue weighted by Crippen LogP contribution is 2.28. The van der Waals surface area contributed by atoms with Crippen molar-refractivity contribution in [2.75, 3.05) is 6.54 Å². The molecule has 1 aliphatic carbocycles. The molecule has 4 heteroatoms. The van der Waals surface area contributed by atoms with Gasteiger partial charge < -0.3 is 9.88 Å². The molecule has 0 aromatic carbocycles. The summed E-state index contributed by atoms with van der Waals surface area (Å²) in [5, 5.41) is 3.56. The smallest absolute Gasteiger partial charge is 0.0946 e. The third-order valence-electron chi connectivity index (χ3n) is 3.28. The molecule has 0 fully saturated rings. The average Bonchev–Trinajstić information content (AvgIpc) is 2.99. The molecule has 3 rings (SSSR count). The molecule has 1 aliphatic rings. The highest BCUT2D eigenvalue weighted by molar-refractivity contribution is 5.27. The summed E-state index contributed by atoms with van der Waals surface area (Å²) in [7, 11) is 0. The second-order valence-electron chi connectivity index (χ2n) is 4.39. The van der Waals surface area contributed by atoms with Crippen molar-refractivity contribution in [3.8, 4) is 0 Å². The van der Waals surface area contributed by atoms with E-state index < -0.39 is 0 Å². The minimum Gasteiger partial charge on any atom is -0.336 e. The minimum atomic E-state index is 0.426. The number of pyridine rings is 1. The van der Waals surface area contributed by atoms with E-state index in [0.717, 1.165) is 25.9 Å². The molecule has 0 saturated carbocycles. The van der Waals surface area contributed by atoms with Crippen LogP contribution in [0.3, 0.4) is 0 Å². The topological polar surface area (TPSA) is 42.7 Å². The number of nitrogens with one attached hydrogen (secondary N) is 1. The molecule has 4 nitrogen and oxygen atoms in total. The lowest BCUT2D eigenvalue weighted by atomic mass is 10.2. The fourth-order valence-corrected chi connectivity index (χ4v) is 2.40. The number of hydrogen-bond acceptors (Lipinski definition) is 3. The number of fused-ring (bicyclic) bond motifs is 1. The molecular formula is C13H16N4. The van der Waals surface area contributed by atoms with E-state index in [1.165, 1.54) is 11.3 Å². The van der Waals surface area contributed by atoms with Gasteiger partial charge in [-0.1, -0.05) is 6.07 Å². The summed E-state index contributed by atoms with van der Waals surface area (Å²) in [5.74, 6) is 0. The molecule has 1 unspecified atom stereocenters. The van der Waals surface area contributed by atoms with Gasteiger partial charge in [0, 0.05) is 31.7 Å². The predicted molar refractivity (Wildman–Crippen MR) is 65.5 cm³/mol. The van der Waals surface area contributed by atoms with Crippen LogP contribution in [0.15, 0.2) is 37.1 Å². The maximum absolute atomic E-state index is 4.47. The minimum absolute atomic E-state index is 0.426. The number of hydrogen-bond donors (Lipinski definition) is 1. The highest BCUT2D eigenvalue weighted by atomic mass is 15.1. The largest absolute Gasteiger partial charge is 0.336 e. The molecule has 1 N–H and O–H groups in total. The third-order valence-corrected chi connectivity index (χ3v) is 3.28. The number of nitrogens with zero attached hydrogens (tertiary/aromatic N) is 3. The zero-order valence-electron chi connectivity index (χ0n) is 9.71. The molecule has 0 amide bonds. The van der Waals surface area contributed by atoms with Crippen LogP contribution in [0.5, 0.6) is 0 Å². The van der Waals surface area contributed by atoms with Gasteiger partial charge >= 0.3 is 0 Å². The first-order valence-corrected chi connectivity index (χ1v) is 6.06. The zero-order valence-corrected chi connectivity index (χ0v) is 9.71. The van der Waals surface area contributed by atoms with Gasteiger partial charge in [0.25, 0.3) is 0 Å². The molecule has 2 aromatic heterocycles. The predicted octanol–water partition coefficient (Wildman–Crippen LogP) is 1.56. The van der Waals surface area contributed by atoms with Gasteiger partial charge in [0.15, 0.2) is 0 Å². The summed E-state index contributed by atoms with van der Waals surface area (Å²) in [4.78, 5) is 8.51. The van der Waals surface area contributed by atoms with E-state index in [1.807, 2.05) is 31.0 Å². The Hall–Kier alpha value is -1.68. The van der Waals surface area contributed by atoms with Crippen LogP contribution >= 0.6 is 0 Å². The van der Waals surface area contributed by atoms with Gasteiger partial charge in [0.1, 0.15) is 0 Å². The second-order valence-corrected chi connectivity index (χ2v) is 4.39. The van der Waals surface area contributed by atoms with Gasteiger partial charge in [0.05, 0.1) is 18.1 Å². The van der Waals surface area contributed by atoms with Crippen molar-refractivity contribution >= 4 is 0 Å². The zero-order chi connectivity index (χ0) is 11.5. The fraction of sp³-hybridized carbons (Fsp3) is 0.385. The second kappa shape index (κ2) is 4.67. The molecule has 0 radical (unpaired) electrons. The lowest BCUT2D eigenvalue weighted by Gasteiger charge is -2.13. The van der Waals surface area contributed by atoms with E-state index in [4.69, 9.17) is 0 Å². The van der Waals surface area contributed by atoms with Crippen molar-refractivity contribution in [3.05, 3.63) is 48.3 Å². The number of imidazole rings is 1. The molecule has 2 aromatic rings. The summed E-state index contributed by atoms with van der Waals surface area (Å²) < 4.78 is 2.08. The SMILES string of the molecule is c1cnc2c(c1)CCC2NCCn1ccnc1. The normalized spacial score (nSPS) is 18.2. The number of aromatic nitrogens is 3. The quantitative estimate of drug-likeness (QED) is 0.863. The molecule has 0 aliphatic heterocycles. The van der Waals surface area contributed by atoms with E-state index >= 15 is 0 Å². The van der Waals surface area contributed by atoms with Gasteiger partial charge in [-0.15, -0.1) is 0 Å². The number of aryl methyl sites for hydroxylation is 1. The van der Waals surface area contributed by atoms with Crippen LogP contribution in [0.25, 0.3) is 0 Å². The van der Waals surface area contributed by atoms with Gasteiger partial charge in [-0.05, 0) is 24.5 Å². The summed E-state index contributed by atoms with van der Waals surface area (Å²) >= 11 is 0. The molecule has 0 saturated heterocycles. The summed E-state index contributed by atoms with van der Waals surface area (Å²) in [6, 6.07) is 4.63. The van der Waals surface area contributed by atoms with Crippen molar-refractivity contribution in [2.45, 2.75) is 25.4 Å². The Morgan fingerprint density at radius 3 is 3.29 bits per heavy atom. The first kappa shape index (κ1) is 10.5. The van der Waals surface area contributed by atoms with Gasteiger partial charge in [-0.3, -0.25) is 4.98 Å². The molecule has 0 spiro atoms. The van der Waals surface area contributed by atoms with Gasteiger partial charge in [0.2, 0.25) is 0 Å². The average molecular weight is 228 g/mol. The van der Waals surface area contributed by atoms with E-state index in [9.17, 15) is 0 Å². The van der Waals surface area contributed by atoms with Crippen LogP contribution in [0.1, 0.15) is 23.7 Å². The Morgan fingerprint density at radius 1 is 1.41 bits per heavy atom. The molecule has 2 heterocycles.